The van der Waals surface area contributed by atoms with E-state index in [9.17, 15) is 0 Å². The number of unbranched alkanes of at least 4 members (excludes halogenated alkanes) is 1. The van der Waals surface area contributed by atoms with Crippen molar-refractivity contribution in [3.63, 3.8) is 0 Å². The van der Waals surface area contributed by atoms with Gasteiger partial charge >= 0.3 is 0 Å². The van der Waals surface area contributed by atoms with Crippen molar-refractivity contribution < 1.29 is 0 Å². The Morgan fingerprint density at radius 1 is 1.33 bits per heavy atom. The molecule has 0 aliphatic carbocycles. The predicted octanol–water partition coefficient (Wildman–Crippen LogP) is 2.76. The van der Waals surface area contributed by atoms with Crippen LogP contribution in [0.2, 0.25) is 0 Å². The summed E-state index contributed by atoms with van der Waals surface area (Å²) in [4.78, 5) is 2.44. The Morgan fingerprint density at radius 3 is 2.47 bits per heavy atom. The molecule has 15 heavy (non-hydrogen) atoms. The van der Waals surface area contributed by atoms with E-state index in [1.165, 1.54) is 18.5 Å². The molecular formula is C13H26N2. The van der Waals surface area contributed by atoms with Gasteiger partial charge in [-0.25, -0.2) is 0 Å². The van der Waals surface area contributed by atoms with Crippen LogP contribution in [0.1, 0.15) is 47.5 Å². The first-order valence-corrected chi connectivity index (χ1v) is 6.02. The van der Waals surface area contributed by atoms with E-state index in [1.807, 2.05) is 0 Å². The highest BCUT2D eigenvalue weighted by molar-refractivity contribution is 5.18. The molecule has 0 saturated carbocycles. The molecule has 2 nitrogen and oxygen atoms in total. The van der Waals surface area contributed by atoms with Crippen molar-refractivity contribution >= 4 is 0 Å². The lowest BCUT2D eigenvalue weighted by Crippen LogP contribution is -2.65. The zero-order chi connectivity index (χ0) is 11.7. The van der Waals surface area contributed by atoms with E-state index in [2.05, 4.69) is 51.4 Å². The first kappa shape index (κ1) is 12.6. The van der Waals surface area contributed by atoms with Crippen LogP contribution in [0, 0.1) is 0 Å². The summed E-state index contributed by atoms with van der Waals surface area (Å²) < 4.78 is 0. The monoisotopic (exact) mass is 210 g/mol. The molecule has 1 aliphatic rings. The van der Waals surface area contributed by atoms with E-state index in [-0.39, 0.29) is 11.1 Å². The van der Waals surface area contributed by atoms with Gasteiger partial charge in [0.1, 0.15) is 0 Å². The number of nitrogens with zero attached hydrogens (tertiary/aromatic N) is 1. The zero-order valence-corrected chi connectivity index (χ0v) is 11.0. The second-order valence-electron chi connectivity index (χ2n) is 5.86. The standard InChI is InChI=1S/C13H26N2/c1-7-8-9-15-10-12(3,4)14-13(5,6)11(15)2/h14H,2,7-10H2,1,3-6H3. The fourth-order valence-electron chi connectivity index (χ4n) is 2.49. The van der Waals surface area contributed by atoms with Gasteiger partial charge in [-0.05, 0) is 34.1 Å². The lowest BCUT2D eigenvalue weighted by Gasteiger charge is -2.50. The number of hydrogen-bond donors (Lipinski definition) is 1. The van der Waals surface area contributed by atoms with Crippen molar-refractivity contribution in [1.82, 2.24) is 10.2 Å². The molecule has 2 heteroatoms. The lowest BCUT2D eigenvalue weighted by atomic mass is 9.88. The van der Waals surface area contributed by atoms with Gasteiger partial charge < -0.3 is 4.90 Å². The van der Waals surface area contributed by atoms with E-state index in [4.69, 9.17) is 0 Å². The van der Waals surface area contributed by atoms with Crippen molar-refractivity contribution in [2.45, 2.75) is 58.5 Å². The van der Waals surface area contributed by atoms with Gasteiger partial charge in [-0.2, -0.15) is 0 Å². The highest BCUT2D eigenvalue weighted by Gasteiger charge is 2.38. The second-order valence-corrected chi connectivity index (χ2v) is 5.86. The van der Waals surface area contributed by atoms with Crippen LogP contribution in [0.4, 0.5) is 0 Å². The lowest BCUT2D eigenvalue weighted by molar-refractivity contribution is 0.128. The van der Waals surface area contributed by atoms with Gasteiger partial charge in [-0.3, -0.25) is 5.32 Å². The van der Waals surface area contributed by atoms with Crippen LogP contribution < -0.4 is 5.32 Å². The fraction of sp³-hybridized carbons (Fsp3) is 0.846. The summed E-state index contributed by atoms with van der Waals surface area (Å²) in [7, 11) is 0. The second kappa shape index (κ2) is 4.17. The molecule has 88 valence electrons. The Morgan fingerprint density at radius 2 is 1.93 bits per heavy atom. The van der Waals surface area contributed by atoms with Crippen molar-refractivity contribution in [2.75, 3.05) is 13.1 Å². The summed E-state index contributed by atoms with van der Waals surface area (Å²) in [6, 6.07) is 0. The normalized spacial score (nSPS) is 24.3. The third kappa shape index (κ3) is 2.97. The van der Waals surface area contributed by atoms with Crippen LogP contribution in [0.3, 0.4) is 0 Å². The van der Waals surface area contributed by atoms with Crippen LogP contribution in [-0.4, -0.2) is 29.1 Å². The van der Waals surface area contributed by atoms with Crippen LogP contribution >= 0.6 is 0 Å². The summed E-state index contributed by atoms with van der Waals surface area (Å²) in [5, 5.41) is 3.65. The molecule has 1 N–H and O–H groups in total. The molecule has 0 amide bonds. The summed E-state index contributed by atoms with van der Waals surface area (Å²) >= 11 is 0. The highest BCUT2D eigenvalue weighted by atomic mass is 15.3. The molecule has 0 aromatic carbocycles. The minimum atomic E-state index is 0.0233. The van der Waals surface area contributed by atoms with Crippen LogP contribution in [-0.2, 0) is 0 Å². The Balaban J connectivity index is 2.74. The molecule has 0 unspecified atom stereocenters. The summed E-state index contributed by atoms with van der Waals surface area (Å²) in [6.45, 7) is 17.6. The van der Waals surface area contributed by atoms with Gasteiger partial charge in [-0.1, -0.05) is 19.9 Å². The van der Waals surface area contributed by atoms with Gasteiger partial charge in [0.25, 0.3) is 0 Å². The maximum atomic E-state index is 4.23. The molecule has 0 aromatic heterocycles. The SMILES string of the molecule is C=C1N(CCCC)CC(C)(C)NC1(C)C. The number of rotatable bonds is 3. The molecular weight excluding hydrogens is 184 g/mol. The largest absolute Gasteiger partial charge is 0.372 e. The number of nitrogens with one attached hydrogen (secondary N) is 1. The van der Waals surface area contributed by atoms with Crippen molar-refractivity contribution in [3.8, 4) is 0 Å². The molecule has 1 saturated heterocycles. The average Bonchev–Trinajstić information content (AvgIpc) is 2.07. The molecule has 0 atom stereocenters. The van der Waals surface area contributed by atoms with E-state index >= 15 is 0 Å². The van der Waals surface area contributed by atoms with Gasteiger partial charge in [0, 0.05) is 24.3 Å². The van der Waals surface area contributed by atoms with Crippen molar-refractivity contribution in [3.05, 3.63) is 12.3 Å². The number of hydrogen-bond acceptors (Lipinski definition) is 2. The summed E-state index contributed by atoms with van der Waals surface area (Å²) in [5.74, 6) is 0. The maximum absolute atomic E-state index is 4.23. The highest BCUT2D eigenvalue weighted by Crippen LogP contribution is 2.28. The summed E-state index contributed by atoms with van der Waals surface area (Å²) in [5.41, 5.74) is 1.43. The minimum Gasteiger partial charge on any atom is -0.372 e. The predicted molar refractivity (Wildman–Crippen MR) is 66.9 cm³/mol. The quantitative estimate of drug-likeness (QED) is 0.770. The molecule has 1 heterocycles. The molecule has 0 aromatic rings. The Hall–Kier alpha value is -0.500. The average molecular weight is 210 g/mol. The van der Waals surface area contributed by atoms with Gasteiger partial charge in [0.2, 0.25) is 0 Å². The van der Waals surface area contributed by atoms with Crippen molar-refractivity contribution in [2.24, 2.45) is 0 Å². The maximum Gasteiger partial charge on any atom is 0.0526 e. The molecule has 1 aliphatic heterocycles. The molecule has 0 radical (unpaired) electrons. The molecule has 1 fully saturated rings. The molecule has 0 spiro atoms. The van der Waals surface area contributed by atoms with E-state index in [1.54, 1.807) is 0 Å². The van der Waals surface area contributed by atoms with Gasteiger partial charge in [0.15, 0.2) is 0 Å². The van der Waals surface area contributed by atoms with E-state index < -0.39 is 0 Å². The third-order valence-electron chi connectivity index (χ3n) is 3.12. The minimum absolute atomic E-state index is 0.0233. The zero-order valence-electron chi connectivity index (χ0n) is 11.0. The molecule has 1 rings (SSSR count). The molecule has 0 bridgehead atoms. The smallest absolute Gasteiger partial charge is 0.0526 e. The first-order valence-electron chi connectivity index (χ1n) is 6.02. The van der Waals surface area contributed by atoms with Crippen molar-refractivity contribution in [1.29, 1.82) is 0 Å². The Bertz CT molecular complexity index is 241. The first-order chi connectivity index (χ1) is 6.78. The van der Waals surface area contributed by atoms with E-state index in [0.29, 0.717) is 0 Å². The van der Waals surface area contributed by atoms with Gasteiger partial charge in [-0.15, -0.1) is 0 Å². The number of piperazine rings is 1. The fourth-order valence-corrected chi connectivity index (χ4v) is 2.49. The van der Waals surface area contributed by atoms with Crippen LogP contribution in [0.25, 0.3) is 0 Å². The van der Waals surface area contributed by atoms with Gasteiger partial charge in [0.05, 0.1) is 5.54 Å². The van der Waals surface area contributed by atoms with E-state index in [0.717, 1.165) is 13.1 Å². The Labute approximate surface area is 94.7 Å². The third-order valence-corrected chi connectivity index (χ3v) is 3.12. The topological polar surface area (TPSA) is 15.3 Å². The van der Waals surface area contributed by atoms with Crippen LogP contribution in [0.15, 0.2) is 12.3 Å². The summed E-state index contributed by atoms with van der Waals surface area (Å²) in [6.07, 6.45) is 2.50. The van der Waals surface area contributed by atoms with Crippen LogP contribution in [0.5, 0.6) is 0 Å². The Kier molecular flexibility index (Phi) is 3.49.